The number of carbonyl (C=O) groups is 2. The number of hydrazone groups is 2. The molecule has 0 saturated carbocycles. The molecule has 0 fully saturated rings. The summed E-state index contributed by atoms with van der Waals surface area (Å²) in [5.74, 6) is 0. The topological polar surface area (TPSA) is 101 Å². The van der Waals surface area contributed by atoms with Crippen LogP contribution in [0.3, 0.4) is 0 Å². The van der Waals surface area contributed by atoms with Gasteiger partial charge in [0.1, 0.15) is 0 Å². The van der Waals surface area contributed by atoms with Crippen molar-refractivity contribution < 1.29 is 19.1 Å². The van der Waals surface area contributed by atoms with Crippen LogP contribution in [-0.4, -0.2) is 37.3 Å². The fourth-order valence-corrected chi connectivity index (χ4v) is 0.668. The zero-order valence-corrected chi connectivity index (χ0v) is 10.0. The largest absolute Gasteiger partial charge is 0.449 e. The number of nitrogens with zero attached hydrogens (tertiary/aromatic N) is 2. The maximum atomic E-state index is 10.8. The number of carbonyl (C=O) groups excluding carboxylic acids is 2. The van der Waals surface area contributed by atoms with Gasteiger partial charge in [-0.15, -0.1) is 0 Å². The van der Waals surface area contributed by atoms with Crippen molar-refractivity contribution >= 4 is 24.1 Å². The van der Waals surface area contributed by atoms with Gasteiger partial charge in [0.05, 0.1) is 25.1 Å². The minimum atomic E-state index is -0.657. The lowest BCUT2D eigenvalue weighted by Gasteiger charge is -2.00. The summed E-state index contributed by atoms with van der Waals surface area (Å²) in [6.45, 7) is 5.47. The molecular formula is C9H16N4O4. The molecule has 0 saturated heterocycles. The van der Waals surface area contributed by atoms with Crippen LogP contribution in [0.25, 0.3) is 0 Å². The summed E-state index contributed by atoms with van der Waals surface area (Å²) in [6.07, 6.45) is -0.0584. The van der Waals surface area contributed by atoms with Crippen LogP contribution < -0.4 is 10.9 Å². The molecule has 0 aliphatic rings. The van der Waals surface area contributed by atoms with Crippen LogP contribution in [0.15, 0.2) is 10.2 Å². The summed E-state index contributed by atoms with van der Waals surface area (Å²) in [7, 11) is 0. The van der Waals surface area contributed by atoms with E-state index in [2.05, 4.69) is 30.5 Å². The zero-order valence-electron chi connectivity index (χ0n) is 10.0. The molecule has 0 aromatic heterocycles. The normalized spacial score (nSPS) is 11.1. The van der Waals surface area contributed by atoms with Gasteiger partial charge >= 0.3 is 12.2 Å². The third-order valence-electron chi connectivity index (χ3n) is 1.28. The van der Waals surface area contributed by atoms with Gasteiger partial charge < -0.3 is 9.47 Å². The number of nitrogens with one attached hydrogen (secondary N) is 2. The van der Waals surface area contributed by atoms with E-state index in [1.165, 1.54) is 6.21 Å². The smallest absolute Gasteiger partial charge is 0.427 e. The molecule has 8 heteroatoms. The van der Waals surface area contributed by atoms with E-state index in [-0.39, 0.29) is 13.2 Å². The van der Waals surface area contributed by atoms with Crippen LogP contribution in [0.1, 0.15) is 20.8 Å². The Morgan fingerprint density at radius 2 is 1.65 bits per heavy atom. The van der Waals surface area contributed by atoms with Crippen LogP contribution in [-0.2, 0) is 9.47 Å². The van der Waals surface area contributed by atoms with Gasteiger partial charge in [0, 0.05) is 0 Å². The van der Waals surface area contributed by atoms with Crippen molar-refractivity contribution in [2.24, 2.45) is 10.2 Å². The van der Waals surface area contributed by atoms with Crippen molar-refractivity contribution in [2.45, 2.75) is 20.8 Å². The molecule has 96 valence electrons. The summed E-state index contributed by atoms with van der Waals surface area (Å²) >= 11 is 0. The maximum Gasteiger partial charge on any atom is 0.427 e. The Kier molecular flexibility index (Phi) is 7.99. The van der Waals surface area contributed by atoms with E-state index in [0.717, 1.165) is 0 Å². The van der Waals surface area contributed by atoms with Crippen molar-refractivity contribution in [3.8, 4) is 0 Å². The van der Waals surface area contributed by atoms with E-state index in [0.29, 0.717) is 5.71 Å². The number of ether oxygens (including phenoxy) is 2. The summed E-state index contributed by atoms with van der Waals surface area (Å²) in [5.41, 5.74) is 4.63. The van der Waals surface area contributed by atoms with Crippen molar-refractivity contribution in [3.05, 3.63) is 0 Å². The van der Waals surface area contributed by atoms with Gasteiger partial charge in [0.15, 0.2) is 0 Å². The lowest BCUT2D eigenvalue weighted by Crippen LogP contribution is -2.21. The van der Waals surface area contributed by atoms with E-state index in [1.807, 2.05) is 0 Å². The standard InChI is InChI=1S/C9H16N4O4/c1-4-16-8(14)12-10-6-7(3)11-13-9(15)17-5-2/h6H,4-5H2,1-3H3,(H,12,14)(H,13,15)/b10-6+,11-7+. The predicted octanol–water partition coefficient (Wildman–Crippen LogP) is 0.840. The molecule has 0 radical (unpaired) electrons. The molecule has 0 aromatic carbocycles. The SMILES string of the molecule is CCOC(=O)N/N=C/C(C)=N/NC(=O)OCC. The molecule has 0 atom stereocenters. The summed E-state index contributed by atoms with van der Waals surface area (Å²) < 4.78 is 9.14. The van der Waals surface area contributed by atoms with Crippen molar-refractivity contribution in [1.29, 1.82) is 0 Å². The monoisotopic (exact) mass is 244 g/mol. The second kappa shape index (κ2) is 9.13. The predicted molar refractivity (Wildman–Crippen MR) is 61.9 cm³/mol. The van der Waals surface area contributed by atoms with Gasteiger partial charge in [-0.1, -0.05) is 0 Å². The first kappa shape index (κ1) is 14.9. The van der Waals surface area contributed by atoms with E-state index in [4.69, 9.17) is 0 Å². The minimum absolute atomic E-state index is 0.263. The van der Waals surface area contributed by atoms with Gasteiger partial charge in [-0.05, 0) is 20.8 Å². The molecule has 0 unspecified atom stereocenters. The fraction of sp³-hybridized carbons (Fsp3) is 0.556. The van der Waals surface area contributed by atoms with Crippen molar-refractivity contribution in [2.75, 3.05) is 13.2 Å². The second-order valence-corrected chi connectivity index (χ2v) is 2.68. The molecular weight excluding hydrogens is 228 g/mol. The van der Waals surface area contributed by atoms with Crippen LogP contribution in [0.5, 0.6) is 0 Å². The molecule has 0 aromatic rings. The Morgan fingerprint density at radius 1 is 1.12 bits per heavy atom. The Morgan fingerprint density at radius 3 is 2.18 bits per heavy atom. The Balaban J connectivity index is 3.94. The highest BCUT2D eigenvalue weighted by Gasteiger charge is 1.97. The third kappa shape index (κ3) is 8.85. The van der Waals surface area contributed by atoms with Crippen molar-refractivity contribution in [3.63, 3.8) is 0 Å². The fourth-order valence-electron chi connectivity index (χ4n) is 0.668. The van der Waals surface area contributed by atoms with Gasteiger partial charge in [-0.2, -0.15) is 10.2 Å². The van der Waals surface area contributed by atoms with Crippen LogP contribution >= 0.6 is 0 Å². The van der Waals surface area contributed by atoms with Crippen molar-refractivity contribution in [1.82, 2.24) is 10.9 Å². The molecule has 0 aliphatic heterocycles. The molecule has 2 amide bonds. The molecule has 0 spiro atoms. The molecule has 0 aliphatic carbocycles. The molecule has 8 nitrogen and oxygen atoms in total. The maximum absolute atomic E-state index is 10.8. The number of amides is 2. The first-order chi connectivity index (χ1) is 8.10. The number of hydrogen-bond acceptors (Lipinski definition) is 6. The summed E-state index contributed by atoms with van der Waals surface area (Å²) in [4.78, 5) is 21.6. The minimum Gasteiger partial charge on any atom is -0.449 e. The molecule has 0 heterocycles. The molecule has 0 bridgehead atoms. The molecule has 17 heavy (non-hydrogen) atoms. The Hall–Kier alpha value is -2.12. The molecule has 0 rings (SSSR count). The van der Waals surface area contributed by atoms with Crippen LogP contribution in [0, 0.1) is 0 Å². The highest BCUT2D eigenvalue weighted by Crippen LogP contribution is 1.78. The Labute approximate surface area is 99.0 Å². The zero-order chi connectivity index (χ0) is 13.1. The first-order valence-corrected chi connectivity index (χ1v) is 5.03. The average Bonchev–Trinajstić information content (AvgIpc) is 2.27. The highest BCUT2D eigenvalue weighted by atomic mass is 16.6. The van der Waals surface area contributed by atoms with Crippen LogP contribution in [0.4, 0.5) is 9.59 Å². The lowest BCUT2D eigenvalue weighted by atomic mass is 10.5. The molecule has 2 N–H and O–H groups in total. The third-order valence-corrected chi connectivity index (χ3v) is 1.28. The summed E-state index contributed by atoms with van der Waals surface area (Å²) in [6, 6.07) is 0. The van der Waals surface area contributed by atoms with Gasteiger partial charge in [-0.25, -0.2) is 20.4 Å². The van der Waals surface area contributed by atoms with Gasteiger partial charge in [-0.3, -0.25) is 0 Å². The van der Waals surface area contributed by atoms with E-state index in [9.17, 15) is 9.59 Å². The highest BCUT2D eigenvalue weighted by molar-refractivity contribution is 6.29. The van der Waals surface area contributed by atoms with Gasteiger partial charge in [0.2, 0.25) is 0 Å². The quantitative estimate of drug-likeness (QED) is 0.552. The average molecular weight is 244 g/mol. The second-order valence-electron chi connectivity index (χ2n) is 2.68. The van der Waals surface area contributed by atoms with E-state index >= 15 is 0 Å². The van der Waals surface area contributed by atoms with E-state index in [1.54, 1.807) is 20.8 Å². The van der Waals surface area contributed by atoms with Gasteiger partial charge in [0.25, 0.3) is 0 Å². The van der Waals surface area contributed by atoms with Crippen LogP contribution in [0.2, 0.25) is 0 Å². The summed E-state index contributed by atoms with van der Waals surface area (Å²) in [5, 5.41) is 7.18. The Bertz CT molecular complexity index is 314. The number of rotatable bonds is 5. The first-order valence-electron chi connectivity index (χ1n) is 5.03. The van der Waals surface area contributed by atoms with E-state index < -0.39 is 12.2 Å². The lowest BCUT2D eigenvalue weighted by molar-refractivity contribution is 0.151. The number of hydrogen-bond donors (Lipinski definition) is 2.